The zero-order chi connectivity index (χ0) is 7.72. The van der Waals surface area contributed by atoms with Gasteiger partial charge in [0.25, 0.3) is 0 Å². The van der Waals surface area contributed by atoms with Gasteiger partial charge in [-0.25, -0.2) is 0 Å². The van der Waals surface area contributed by atoms with Crippen LogP contribution in [0.15, 0.2) is 22.8 Å². The Morgan fingerprint density at radius 3 is 2.50 bits per heavy atom. The van der Waals surface area contributed by atoms with Crippen LogP contribution in [0, 0.1) is 5.92 Å². The number of rotatable bonds is 0. The van der Waals surface area contributed by atoms with Crippen molar-refractivity contribution in [2.75, 3.05) is 0 Å². The van der Waals surface area contributed by atoms with Crippen LogP contribution in [0.1, 0.15) is 13.8 Å². The molecule has 0 amide bonds. The average molecular weight is 177 g/mol. The molecule has 0 heterocycles. The van der Waals surface area contributed by atoms with Gasteiger partial charge in [-0.05, 0) is 13.0 Å². The van der Waals surface area contributed by atoms with Gasteiger partial charge in [0.1, 0.15) is 0 Å². The number of hydrogen-bond acceptors (Lipinski definition) is 0. The molecule has 0 nitrogen and oxygen atoms in total. The summed E-state index contributed by atoms with van der Waals surface area (Å²) < 4.78 is 0. The lowest BCUT2D eigenvalue weighted by atomic mass is 9.96. The zero-order valence-electron chi connectivity index (χ0n) is 6.07. The van der Waals surface area contributed by atoms with E-state index in [-0.39, 0.29) is 11.3 Å². The SMILES string of the molecule is CC1=CC=C(Cl)C(C)C1Cl. The monoisotopic (exact) mass is 176 g/mol. The maximum atomic E-state index is 6.02. The normalized spacial score (nSPS) is 33.2. The molecular formula is C8H10Cl2. The van der Waals surface area contributed by atoms with Crippen molar-refractivity contribution in [3.8, 4) is 0 Å². The third-order valence-corrected chi connectivity index (χ3v) is 3.01. The molecule has 0 bridgehead atoms. The van der Waals surface area contributed by atoms with Crippen LogP contribution < -0.4 is 0 Å². The molecule has 0 aromatic carbocycles. The van der Waals surface area contributed by atoms with Gasteiger partial charge in [-0.3, -0.25) is 0 Å². The van der Waals surface area contributed by atoms with E-state index in [1.54, 1.807) is 0 Å². The Morgan fingerprint density at radius 2 is 2.00 bits per heavy atom. The highest BCUT2D eigenvalue weighted by molar-refractivity contribution is 6.31. The van der Waals surface area contributed by atoms with Gasteiger partial charge in [0.05, 0.1) is 5.38 Å². The molecule has 1 rings (SSSR count). The van der Waals surface area contributed by atoms with E-state index in [9.17, 15) is 0 Å². The summed E-state index contributed by atoms with van der Waals surface area (Å²) in [6.07, 6.45) is 3.89. The van der Waals surface area contributed by atoms with E-state index >= 15 is 0 Å². The third kappa shape index (κ3) is 1.38. The Morgan fingerprint density at radius 1 is 1.40 bits per heavy atom. The van der Waals surface area contributed by atoms with E-state index in [1.807, 2.05) is 26.0 Å². The van der Waals surface area contributed by atoms with Gasteiger partial charge in [-0.1, -0.05) is 30.2 Å². The predicted molar refractivity (Wildman–Crippen MR) is 46.5 cm³/mol. The summed E-state index contributed by atoms with van der Waals surface area (Å²) in [6.45, 7) is 4.06. The van der Waals surface area contributed by atoms with E-state index in [2.05, 4.69) is 0 Å². The molecule has 0 fully saturated rings. The lowest BCUT2D eigenvalue weighted by Gasteiger charge is -2.21. The molecule has 0 aromatic heterocycles. The first-order chi connectivity index (χ1) is 4.63. The van der Waals surface area contributed by atoms with Gasteiger partial charge in [-0.15, -0.1) is 11.6 Å². The van der Waals surface area contributed by atoms with Crippen molar-refractivity contribution in [3.05, 3.63) is 22.8 Å². The quantitative estimate of drug-likeness (QED) is 0.498. The lowest BCUT2D eigenvalue weighted by Crippen LogP contribution is -2.15. The average Bonchev–Trinajstić information content (AvgIpc) is 1.93. The molecule has 1 aliphatic carbocycles. The molecule has 0 aromatic rings. The Kier molecular flexibility index (Phi) is 2.43. The van der Waals surface area contributed by atoms with Crippen molar-refractivity contribution in [2.45, 2.75) is 19.2 Å². The molecule has 2 atom stereocenters. The Hall–Kier alpha value is 0.0600. The molecule has 2 heteroatoms. The van der Waals surface area contributed by atoms with Gasteiger partial charge < -0.3 is 0 Å². The molecule has 1 aliphatic rings. The first-order valence-electron chi connectivity index (χ1n) is 3.31. The number of hydrogen-bond donors (Lipinski definition) is 0. The molecule has 2 unspecified atom stereocenters. The summed E-state index contributed by atoms with van der Waals surface area (Å²) >= 11 is 11.9. The van der Waals surface area contributed by atoms with Gasteiger partial charge in [0.2, 0.25) is 0 Å². The highest BCUT2D eigenvalue weighted by Crippen LogP contribution is 2.31. The van der Waals surface area contributed by atoms with Crippen LogP contribution in [0.5, 0.6) is 0 Å². The fourth-order valence-electron chi connectivity index (χ4n) is 0.989. The van der Waals surface area contributed by atoms with E-state index in [4.69, 9.17) is 23.2 Å². The van der Waals surface area contributed by atoms with Crippen LogP contribution in [-0.2, 0) is 0 Å². The minimum absolute atomic E-state index is 0.0810. The van der Waals surface area contributed by atoms with Crippen LogP contribution in [0.25, 0.3) is 0 Å². The number of allylic oxidation sites excluding steroid dienone is 4. The summed E-state index contributed by atoms with van der Waals surface area (Å²) in [5, 5.41) is 0.933. The van der Waals surface area contributed by atoms with Crippen molar-refractivity contribution in [2.24, 2.45) is 5.92 Å². The maximum Gasteiger partial charge on any atom is 0.0620 e. The summed E-state index contributed by atoms with van der Waals surface area (Å²) in [7, 11) is 0. The third-order valence-electron chi connectivity index (χ3n) is 1.81. The molecule has 0 aliphatic heterocycles. The molecular weight excluding hydrogens is 167 g/mol. The van der Waals surface area contributed by atoms with Crippen LogP contribution >= 0.6 is 23.2 Å². The van der Waals surface area contributed by atoms with Gasteiger partial charge in [0, 0.05) is 11.0 Å². The molecule has 0 N–H and O–H groups in total. The highest BCUT2D eigenvalue weighted by Gasteiger charge is 2.21. The van der Waals surface area contributed by atoms with Gasteiger partial charge >= 0.3 is 0 Å². The molecule has 0 spiro atoms. The van der Waals surface area contributed by atoms with Crippen molar-refractivity contribution < 1.29 is 0 Å². The van der Waals surface area contributed by atoms with Crippen LogP contribution in [0.2, 0.25) is 0 Å². The smallest absolute Gasteiger partial charge is 0.0620 e. The number of alkyl halides is 1. The van der Waals surface area contributed by atoms with Crippen LogP contribution in [0.4, 0.5) is 0 Å². The fourth-order valence-corrected chi connectivity index (χ4v) is 1.45. The highest BCUT2D eigenvalue weighted by atomic mass is 35.5. The standard InChI is InChI=1S/C8H10Cl2/c1-5-3-4-7(9)6(2)8(5)10/h3-4,6,8H,1-2H3. The Bertz CT molecular complexity index is 169. The molecule has 0 radical (unpaired) electrons. The minimum Gasteiger partial charge on any atom is -0.117 e. The second kappa shape index (κ2) is 2.98. The van der Waals surface area contributed by atoms with Gasteiger partial charge in [0.15, 0.2) is 0 Å². The van der Waals surface area contributed by atoms with Crippen molar-refractivity contribution >= 4 is 23.2 Å². The van der Waals surface area contributed by atoms with Crippen molar-refractivity contribution in [3.63, 3.8) is 0 Å². The fraction of sp³-hybridized carbons (Fsp3) is 0.500. The molecule has 0 saturated heterocycles. The van der Waals surface area contributed by atoms with E-state index in [1.165, 1.54) is 5.57 Å². The van der Waals surface area contributed by atoms with E-state index < -0.39 is 0 Å². The second-order valence-corrected chi connectivity index (χ2v) is 3.56. The molecule has 0 saturated carbocycles. The number of halogens is 2. The zero-order valence-corrected chi connectivity index (χ0v) is 7.58. The lowest BCUT2D eigenvalue weighted by molar-refractivity contribution is 0.702. The van der Waals surface area contributed by atoms with Crippen LogP contribution in [-0.4, -0.2) is 5.38 Å². The maximum absolute atomic E-state index is 6.02. The largest absolute Gasteiger partial charge is 0.117 e. The van der Waals surface area contributed by atoms with Crippen molar-refractivity contribution in [1.82, 2.24) is 0 Å². The first-order valence-corrected chi connectivity index (χ1v) is 4.12. The van der Waals surface area contributed by atoms with Crippen LogP contribution in [0.3, 0.4) is 0 Å². The summed E-state index contributed by atoms with van der Waals surface area (Å²) in [5.41, 5.74) is 1.19. The molecule has 10 heavy (non-hydrogen) atoms. The minimum atomic E-state index is 0.0810. The summed E-state index contributed by atoms with van der Waals surface area (Å²) in [5.74, 6) is 0.272. The predicted octanol–water partition coefficient (Wildman–Crippen LogP) is 3.31. The Balaban J connectivity index is 2.86. The van der Waals surface area contributed by atoms with Crippen molar-refractivity contribution in [1.29, 1.82) is 0 Å². The van der Waals surface area contributed by atoms with Gasteiger partial charge in [-0.2, -0.15) is 0 Å². The summed E-state index contributed by atoms with van der Waals surface area (Å²) in [6, 6.07) is 0. The summed E-state index contributed by atoms with van der Waals surface area (Å²) in [4.78, 5) is 0. The topological polar surface area (TPSA) is 0 Å². The second-order valence-electron chi connectivity index (χ2n) is 2.65. The Labute approximate surface area is 71.5 Å². The molecule has 56 valence electrons. The first kappa shape index (κ1) is 8.16. The van der Waals surface area contributed by atoms with E-state index in [0.717, 1.165) is 5.03 Å². The van der Waals surface area contributed by atoms with E-state index in [0.29, 0.717) is 0 Å².